The fourth-order valence-electron chi connectivity index (χ4n) is 3.24. The normalized spacial score (nSPS) is 28.1. The quantitative estimate of drug-likeness (QED) is 0.910. The van der Waals surface area contributed by atoms with E-state index in [-0.39, 0.29) is 24.5 Å². The number of hydrogen-bond acceptors (Lipinski definition) is 2. The molecule has 110 valence electrons. The van der Waals surface area contributed by atoms with E-state index >= 15 is 0 Å². The van der Waals surface area contributed by atoms with Gasteiger partial charge in [0.2, 0.25) is 0 Å². The molecule has 1 aliphatic heterocycles. The van der Waals surface area contributed by atoms with Gasteiger partial charge in [-0.1, -0.05) is 23.7 Å². The number of carboxylic acids is 1. The number of aliphatic carboxylic acids is 1. The van der Waals surface area contributed by atoms with Crippen molar-refractivity contribution in [3.8, 4) is 0 Å². The summed E-state index contributed by atoms with van der Waals surface area (Å²) in [5.74, 6) is -0.388. The van der Waals surface area contributed by atoms with Crippen molar-refractivity contribution in [1.82, 2.24) is 0 Å². The lowest BCUT2D eigenvalue weighted by Crippen LogP contribution is -2.33. The van der Waals surface area contributed by atoms with Crippen LogP contribution in [0, 0.1) is 5.92 Å². The molecule has 1 heterocycles. The van der Waals surface area contributed by atoms with Crippen molar-refractivity contribution in [2.45, 2.75) is 51.2 Å². The Morgan fingerprint density at radius 2 is 1.85 bits per heavy atom. The zero-order valence-corrected chi connectivity index (χ0v) is 12.6. The van der Waals surface area contributed by atoms with Crippen LogP contribution in [0.3, 0.4) is 0 Å². The third-order valence-electron chi connectivity index (χ3n) is 4.00. The van der Waals surface area contributed by atoms with Crippen LogP contribution in [0.2, 0.25) is 5.02 Å². The molecule has 0 aromatic heterocycles. The van der Waals surface area contributed by atoms with E-state index in [1.165, 1.54) is 0 Å². The van der Waals surface area contributed by atoms with Gasteiger partial charge in [0.1, 0.15) is 0 Å². The third kappa shape index (κ3) is 3.97. The van der Waals surface area contributed by atoms with E-state index in [0.717, 1.165) is 18.4 Å². The molecule has 2 rings (SSSR count). The van der Waals surface area contributed by atoms with Crippen LogP contribution in [0.25, 0.3) is 0 Å². The highest BCUT2D eigenvalue weighted by Gasteiger charge is 2.32. The number of hydrogen-bond donors (Lipinski definition) is 1. The number of carbonyl (C=O) groups is 1. The topological polar surface area (TPSA) is 46.5 Å². The van der Waals surface area contributed by atoms with Gasteiger partial charge >= 0.3 is 5.97 Å². The molecule has 4 heteroatoms. The Bertz CT molecular complexity index is 447. The van der Waals surface area contributed by atoms with Crippen molar-refractivity contribution in [3.63, 3.8) is 0 Å². The van der Waals surface area contributed by atoms with Gasteiger partial charge in [0, 0.05) is 5.02 Å². The number of carboxylic acid groups (broad SMARTS) is 1. The largest absolute Gasteiger partial charge is 0.481 e. The Kier molecular flexibility index (Phi) is 5.06. The maximum Gasteiger partial charge on any atom is 0.303 e. The Morgan fingerprint density at radius 3 is 2.35 bits per heavy atom. The van der Waals surface area contributed by atoms with Crippen LogP contribution in [-0.2, 0) is 9.53 Å². The average Bonchev–Trinajstić information content (AvgIpc) is 2.35. The molecule has 20 heavy (non-hydrogen) atoms. The van der Waals surface area contributed by atoms with E-state index in [2.05, 4.69) is 13.8 Å². The van der Waals surface area contributed by atoms with E-state index in [4.69, 9.17) is 16.3 Å². The minimum atomic E-state index is -0.753. The monoisotopic (exact) mass is 296 g/mol. The van der Waals surface area contributed by atoms with Crippen LogP contribution in [0.5, 0.6) is 0 Å². The molecule has 1 aromatic rings. The predicted molar refractivity (Wildman–Crippen MR) is 79.2 cm³/mol. The Hall–Kier alpha value is -1.06. The minimum Gasteiger partial charge on any atom is -0.481 e. The molecule has 3 nitrogen and oxygen atoms in total. The molecule has 0 bridgehead atoms. The highest BCUT2D eigenvalue weighted by Crippen LogP contribution is 2.38. The van der Waals surface area contributed by atoms with Gasteiger partial charge in [-0.2, -0.15) is 0 Å². The summed E-state index contributed by atoms with van der Waals surface area (Å²) in [4.78, 5) is 11.2. The summed E-state index contributed by atoms with van der Waals surface area (Å²) in [6.07, 6.45) is 2.35. The van der Waals surface area contributed by atoms with Crippen molar-refractivity contribution in [2.24, 2.45) is 5.92 Å². The lowest BCUT2D eigenvalue weighted by molar-refractivity contribution is -0.138. The van der Waals surface area contributed by atoms with E-state index in [9.17, 15) is 9.90 Å². The van der Waals surface area contributed by atoms with E-state index in [1.54, 1.807) is 0 Å². The molecule has 0 aliphatic carbocycles. The van der Waals surface area contributed by atoms with Gasteiger partial charge in [-0.15, -0.1) is 0 Å². The fraction of sp³-hybridized carbons (Fsp3) is 0.562. The van der Waals surface area contributed by atoms with Gasteiger partial charge in [-0.3, -0.25) is 4.79 Å². The van der Waals surface area contributed by atoms with Crippen molar-refractivity contribution in [3.05, 3.63) is 34.9 Å². The number of halogens is 1. The molecule has 1 aliphatic rings. The van der Waals surface area contributed by atoms with Gasteiger partial charge in [0.25, 0.3) is 0 Å². The standard InChI is InChI=1S/C16H21ClO3/c1-10-7-13(8-11(2)20-10)15(9-16(18)19)12-3-5-14(17)6-4-12/h3-6,10-11,13,15H,7-9H2,1-2H3,(H,18,19). The third-order valence-corrected chi connectivity index (χ3v) is 4.25. The molecule has 0 amide bonds. The van der Waals surface area contributed by atoms with Crippen molar-refractivity contribution < 1.29 is 14.6 Å². The summed E-state index contributed by atoms with van der Waals surface area (Å²) < 4.78 is 5.76. The lowest BCUT2D eigenvalue weighted by Gasteiger charge is -2.36. The number of ether oxygens (including phenoxy) is 1. The SMILES string of the molecule is CC1CC(C(CC(=O)O)c2ccc(Cl)cc2)CC(C)O1. The molecule has 1 N–H and O–H groups in total. The highest BCUT2D eigenvalue weighted by molar-refractivity contribution is 6.30. The number of rotatable bonds is 4. The van der Waals surface area contributed by atoms with Crippen LogP contribution in [-0.4, -0.2) is 23.3 Å². The smallest absolute Gasteiger partial charge is 0.303 e. The van der Waals surface area contributed by atoms with Gasteiger partial charge < -0.3 is 9.84 Å². The van der Waals surface area contributed by atoms with Crippen LogP contribution >= 0.6 is 11.6 Å². The van der Waals surface area contributed by atoms with Crippen LogP contribution < -0.4 is 0 Å². The first-order valence-electron chi connectivity index (χ1n) is 7.08. The number of benzene rings is 1. The Balaban J connectivity index is 2.22. The van der Waals surface area contributed by atoms with Gasteiger partial charge in [-0.05, 0) is 56.2 Å². The molecule has 0 saturated carbocycles. The molecule has 0 radical (unpaired) electrons. The first kappa shape index (κ1) is 15.3. The Morgan fingerprint density at radius 1 is 1.30 bits per heavy atom. The average molecular weight is 297 g/mol. The summed E-state index contributed by atoms with van der Waals surface area (Å²) >= 11 is 5.92. The lowest BCUT2D eigenvalue weighted by atomic mass is 9.76. The first-order valence-corrected chi connectivity index (χ1v) is 7.46. The molecule has 3 atom stereocenters. The second-order valence-electron chi connectivity index (χ2n) is 5.74. The van der Waals surface area contributed by atoms with E-state index in [0.29, 0.717) is 10.9 Å². The molecule has 3 unspecified atom stereocenters. The predicted octanol–water partition coefficient (Wildman–Crippen LogP) is 4.10. The molecule has 1 saturated heterocycles. The van der Waals surface area contributed by atoms with E-state index in [1.807, 2.05) is 24.3 Å². The summed E-state index contributed by atoms with van der Waals surface area (Å²) in [7, 11) is 0. The molecular weight excluding hydrogens is 276 g/mol. The first-order chi connectivity index (χ1) is 9.45. The highest BCUT2D eigenvalue weighted by atomic mass is 35.5. The minimum absolute atomic E-state index is 0.0265. The van der Waals surface area contributed by atoms with Gasteiger partial charge in [0.15, 0.2) is 0 Å². The van der Waals surface area contributed by atoms with Crippen molar-refractivity contribution in [2.75, 3.05) is 0 Å². The molecule has 1 fully saturated rings. The molecule has 1 aromatic carbocycles. The summed E-state index contributed by atoms with van der Waals surface area (Å²) in [5.41, 5.74) is 1.06. The summed E-state index contributed by atoms with van der Waals surface area (Å²) in [6, 6.07) is 7.55. The maximum absolute atomic E-state index is 11.2. The maximum atomic E-state index is 11.2. The second kappa shape index (κ2) is 6.59. The Labute approximate surface area is 124 Å². The molecule has 0 spiro atoms. The van der Waals surface area contributed by atoms with Gasteiger partial charge in [-0.25, -0.2) is 0 Å². The summed E-state index contributed by atoms with van der Waals surface area (Å²) in [5, 5.41) is 9.88. The zero-order chi connectivity index (χ0) is 14.7. The van der Waals surface area contributed by atoms with Gasteiger partial charge in [0.05, 0.1) is 18.6 Å². The van der Waals surface area contributed by atoms with Crippen LogP contribution in [0.1, 0.15) is 44.6 Å². The van der Waals surface area contributed by atoms with E-state index < -0.39 is 5.97 Å². The van der Waals surface area contributed by atoms with Crippen LogP contribution in [0.15, 0.2) is 24.3 Å². The zero-order valence-electron chi connectivity index (χ0n) is 11.9. The summed E-state index contributed by atoms with van der Waals surface area (Å²) in [6.45, 7) is 4.12. The van der Waals surface area contributed by atoms with Crippen molar-refractivity contribution in [1.29, 1.82) is 0 Å². The molecular formula is C16H21ClO3. The van der Waals surface area contributed by atoms with Crippen LogP contribution in [0.4, 0.5) is 0 Å². The second-order valence-corrected chi connectivity index (χ2v) is 6.18. The fourth-order valence-corrected chi connectivity index (χ4v) is 3.37. The van der Waals surface area contributed by atoms with Crippen molar-refractivity contribution >= 4 is 17.6 Å².